The summed E-state index contributed by atoms with van der Waals surface area (Å²) in [7, 11) is 0. The van der Waals surface area contributed by atoms with Crippen molar-refractivity contribution in [3.8, 4) is 0 Å². The second-order valence-electron chi connectivity index (χ2n) is 6.06. The molecule has 1 aromatic heterocycles. The standard InChI is InChI=1S/C20H14ClN5O/c1-22-17-16(13-9-5-6-10-15(13)21)14-11-23-26-19(14)25-18(17)20(27)24-12-7-3-2-4-8-12/h2-11,16-17H,(H,23,26)(H,24,27). The zero-order valence-corrected chi connectivity index (χ0v) is 14.8. The first-order valence-corrected chi connectivity index (χ1v) is 8.66. The van der Waals surface area contributed by atoms with Gasteiger partial charge in [-0.05, 0) is 23.8 Å². The van der Waals surface area contributed by atoms with Gasteiger partial charge in [-0.1, -0.05) is 48.0 Å². The van der Waals surface area contributed by atoms with E-state index < -0.39 is 17.9 Å². The Morgan fingerprint density at radius 1 is 1.11 bits per heavy atom. The Labute approximate surface area is 160 Å². The van der Waals surface area contributed by atoms with Gasteiger partial charge in [-0.15, -0.1) is 0 Å². The van der Waals surface area contributed by atoms with E-state index in [1.165, 1.54) is 0 Å². The molecule has 6 nitrogen and oxygen atoms in total. The lowest BCUT2D eigenvalue weighted by Crippen LogP contribution is -2.37. The minimum atomic E-state index is -0.807. The van der Waals surface area contributed by atoms with Crippen LogP contribution in [0.2, 0.25) is 5.02 Å². The summed E-state index contributed by atoms with van der Waals surface area (Å²) in [6, 6.07) is 15.6. The number of nitrogens with zero attached hydrogens (tertiary/aromatic N) is 3. The molecule has 27 heavy (non-hydrogen) atoms. The second kappa shape index (κ2) is 7.06. The highest BCUT2D eigenvalue weighted by molar-refractivity contribution is 6.46. The molecule has 0 radical (unpaired) electrons. The van der Waals surface area contributed by atoms with Gasteiger partial charge in [0.05, 0.1) is 12.1 Å². The molecule has 0 saturated heterocycles. The van der Waals surface area contributed by atoms with E-state index in [4.69, 9.17) is 18.2 Å². The summed E-state index contributed by atoms with van der Waals surface area (Å²) in [6.45, 7) is 7.74. The van der Waals surface area contributed by atoms with Crippen LogP contribution in [-0.2, 0) is 4.79 Å². The van der Waals surface area contributed by atoms with Crippen LogP contribution in [0.15, 0.2) is 65.8 Å². The normalized spacial score (nSPS) is 18.1. The molecule has 2 heterocycles. The zero-order chi connectivity index (χ0) is 18.8. The molecular formula is C20H14ClN5O. The highest BCUT2D eigenvalue weighted by atomic mass is 35.5. The van der Waals surface area contributed by atoms with Gasteiger partial charge >= 0.3 is 0 Å². The van der Waals surface area contributed by atoms with Gasteiger partial charge < -0.3 is 10.2 Å². The van der Waals surface area contributed by atoms with Crippen LogP contribution in [0.25, 0.3) is 4.85 Å². The predicted octanol–water partition coefficient (Wildman–Crippen LogP) is 4.21. The number of rotatable bonds is 3. The molecular weight excluding hydrogens is 362 g/mol. The molecule has 0 aliphatic carbocycles. The Kier molecular flexibility index (Phi) is 4.45. The Morgan fingerprint density at radius 3 is 2.59 bits per heavy atom. The quantitative estimate of drug-likeness (QED) is 0.673. The maximum Gasteiger partial charge on any atom is 0.281 e. The van der Waals surface area contributed by atoms with Crippen LogP contribution < -0.4 is 5.32 Å². The van der Waals surface area contributed by atoms with Crippen LogP contribution in [0.3, 0.4) is 0 Å². The predicted molar refractivity (Wildman–Crippen MR) is 104 cm³/mol. The molecule has 2 N–H and O–H groups in total. The number of nitrogens with one attached hydrogen (secondary N) is 2. The number of amides is 1. The van der Waals surface area contributed by atoms with Crippen LogP contribution in [0.1, 0.15) is 17.0 Å². The van der Waals surface area contributed by atoms with Gasteiger partial charge in [0.25, 0.3) is 11.9 Å². The Hall–Kier alpha value is -3.43. The second-order valence-corrected chi connectivity index (χ2v) is 6.47. The van der Waals surface area contributed by atoms with Gasteiger partial charge in [0, 0.05) is 16.3 Å². The van der Waals surface area contributed by atoms with E-state index in [0.29, 0.717) is 16.5 Å². The lowest BCUT2D eigenvalue weighted by molar-refractivity contribution is -0.110. The van der Waals surface area contributed by atoms with Gasteiger partial charge in [-0.25, -0.2) is 11.6 Å². The first kappa shape index (κ1) is 17.0. The van der Waals surface area contributed by atoms with Gasteiger partial charge in [0.1, 0.15) is 0 Å². The largest absolute Gasteiger partial charge is 0.321 e. The molecule has 2 aromatic carbocycles. The number of benzene rings is 2. The summed E-state index contributed by atoms with van der Waals surface area (Å²) in [4.78, 5) is 21.0. The maximum absolute atomic E-state index is 12.9. The Bertz CT molecular complexity index is 1070. The molecule has 7 heteroatoms. The van der Waals surface area contributed by atoms with Crippen molar-refractivity contribution in [2.24, 2.45) is 4.99 Å². The SMILES string of the molecule is [C-]#[N+]C1C(C(=O)Nc2ccccc2)=Nc2[nH]ncc2C1c1ccccc1Cl. The summed E-state index contributed by atoms with van der Waals surface area (Å²) in [5.74, 6) is -0.378. The topological polar surface area (TPSA) is 74.5 Å². The van der Waals surface area contributed by atoms with Crippen LogP contribution >= 0.6 is 11.6 Å². The van der Waals surface area contributed by atoms with E-state index in [9.17, 15) is 4.79 Å². The van der Waals surface area contributed by atoms with Crippen LogP contribution in [0, 0.1) is 6.57 Å². The molecule has 132 valence electrons. The fraction of sp³-hybridized carbons (Fsp3) is 0.100. The number of aliphatic imine (C=N–C) groups is 1. The molecule has 1 aliphatic heterocycles. The third-order valence-corrected chi connectivity index (χ3v) is 4.80. The zero-order valence-electron chi connectivity index (χ0n) is 14.1. The highest BCUT2D eigenvalue weighted by Crippen LogP contribution is 2.41. The number of hydrogen-bond acceptors (Lipinski definition) is 3. The fourth-order valence-electron chi connectivity index (χ4n) is 3.22. The summed E-state index contributed by atoms with van der Waals surface area (Å²) in [5, 5.41) is 10.2. The lowest BCUT2D eigenvalue weighted by atomic mass is 9.82. The average Bonchev–Trinajstić information content (AvgIpc) is 3.16. The van der Waals surface area contributed by atoms with Gasteiger partial charge in [-0.3, -0.25) is 9.89 Å². The monoisotopic (exact) mass is 375 g/mol. The van der Waals surface area contributed by atoms with Crippen molar-refractivity contribution < 1.29 is 4.79 Å². The number of H-pyrrole nitrogens is 1. The van der Waals surface area contributed by atoms with Gasteiger partial charge in [-0.2, -0.15) is 5.10 Å². The molecule has 0 saturated carbocycles. The van der Waals surface area contributed by atoms with Gasteiger partial charge in [0.2, 0.25) is 0 Å². The molecule has 3 aromatic rings. The first-order chi connectivity index (χ1) is 13.2. The van der Waals surface area contributed by atoms with Crippen molar-refractivity contribution in [1.82, 2.24) is 10.2 Å². The molecule has 1 amide bonds. The van der Waals surface area contributed by atoms with Crippen molar-refractivity contribution in [3.05, 3.63) is 88.4 Å². The molecule has 1 aliphatic rings. The Balaban J connectivity index is 1.78. The van der Waals surface area contributed by atoms with Crippen molar-refractivity contribution in [2.45, 2.75) is 12.0 Å². The molecule has 0 bridgehead atoms. The van der Waals surface area contributed by atoms with E-state index in [-0.39, 0.29) is 5.71 Å². The van der Waals surface area contributed by atoms with Crippen molar-refractivity contribution in [3.63, 3.8) is 0 Å². The fourth-order valence-corrected chi connectivity index (χ4v) is 3.48. The number of hydrogen-bond donors (Lipinski definition) is 2. The number of carbonyl (C=O) groups is 1. The van der Waals surface area contributed by atoms with E-state index in [1.807, 2.05) is 36.4 Å². The molecule has 2 atom stereocenters. The third kappa shape index (κ3) is 3.09. The summed E-state index contributed by atoms with van der Waals surface area (Å²) in [6.07, 6.45) is 1.64. The molecule has 0 spiro atoms. The minimum absolute atomic E-state index is 0.135. The number of carbonyl (C=O) groups excluding carboxylic acids is 1. The smallest absolute Gasteiger partial charge is 0.281 e. The number of halogens is 1. The van der Waals surface area contributed by atoms with Crippen LogP contribution in [0.4, 0.5) is 11.5 Å². The average molecular weight is 376 g/mol. The number of aromatic amines is 1. The lowest BCUT2D eigenvalue weighted by Gasteiger charge is -2.24. The van der Waals surface area contributed by atoms with Crippen LogP contribution in [-0.4, -0.2) is 27.9 Å². The number of aromatic nitrogens is 2. The third-order valence-electron chi connectivity index (χ3n) is 4.45. The number of para-hydroxylation sites is 1. The molecule has 4 rings (SSSR count). The first-order valence-electron chi connectivity index (χ1n) is 8.28. The number of anilines is 1. The minimum Gasteiger partial charge on any atom is -0.321 e. The van der Waals surface area contributed by atoms with E-state index in [0.717, 1.165) is 11.1 Å². The number of fused-ring (bicyclic) bond motifs is 1. The summed E-state index contributed by atoms with van der Waals surface area (Å²) < 4.78 is 0. The van der Waals surface area contributed by atoms with E-state index >= 15 is 0 Å². The van der Waals surface area contributed by atoms with E-state index in [1.54, 1.807) is 24.4 Å². The summed E-state index contributed by atoms with van der Waals surface area (Å²) >= 11 is 6.40. The van der Waals surface area contributed by atoms with Crippen molar-refractivity contribution >= 4 is 34.7 Å². The highest BCUT2D eigenvalue weighted by Gasteiger charge is 2.44. The van der Waals surface area contributed by atoms with Crippen molar-refractivity contribution in [1.29, 1.82) is 0 Å². The van der Waals surface area contributed by atoms with Gasteiger partial charge in [0.15, 0.2) is 11.5 Å². The molecule has 0 fully saturated rings. The van der Waals surface area contributed by atoms with Crippen LogP contribution in [0.5, 0.6) is 0 Å². The summed E-state index contributed by atoms with van der Waals surface area (Å²) in [5.41, 5.74) is 2.29. The molecule has 2 unspecified atom stereocenters. The van der Waals surface area contributed by atoms with Crippen molar-refractivity contribution in [2.75, 3.05) is 5.32 Å². The van der Waals surface area contributed by atoms with E-state index in [2.05, 4.69) is 25.4 Å². The Morgan fingerprint density at radius 2 is 1.85 bits per heavy atom. The maximum atomic E-state index is 12.9.